The maximum absolute atomic E-state index is 10.6. The van der Waals surface area contributed by atoms with Crippen molar-refractivity contribution in [1.82, 2.24) is 0 Å². The van der Waals surface area contributed by atoms with Crippen LogP contribution in [0.3, 0.4) is 0 Å². The van der Waals surface area contributed by atoms with Gasteiger partial charge >= 0.3 is 17.9 Å². The smallest absolute Gasteiger partial charge is 0.303 e. The van der Waals surface area contributed by atoms with Crippen LogP contribution >= 0.6 is 0 Å². The third-order valence-corrected chi connectivity index (χ3v) is 1.50. The molecule has 0 heterocycles. The van der Waals surface area contributed by atoms with Gasteiger partial charge in [-0.05, 0) is 6.42 Å². The Bertz CT molecular complexity index is 255. The molecule has 7 heteroatoms. The molecule has 0 aliphatic heterocycles. The fourth-order valence-electron chi connectivity index (χ4n) is 0.771. The van der Waals surface area contributed by atoms with E-state index in [4.69, 9.17) is 9.84 Å². The van der Waals surface area contributed by atoms with Crippen molar-refractivity contribution in [2.24, 2.45) is 0 Å². The lowest BCUT2D eigenvalue weighted by Crippen LogP contribution is -2.29. The molecule has 0 rings (SSSR count). The summed E-state index contributed by atoms with van der Waals surface area (Å²) in [6.45, 7) is 5.69. The van der Waals surface area contributed by atoms with Gasteiger partial charge in [0.25, 0.3) is 0 Å². The molecule has 0 saturated heterocycles. The number of aliphatic hydroxyl groups excluding tert-OH is 1. The van der Waals surface area contributed by atoms with Crippen molar-refractivity contribution in [3.8, 4) is 0 Å². The van der Waals surface area contributed by atoms with Crippen LogP contribution in [0.15, 0.2) is 0 Å². The first-order valence-corrected chi connectivity index (χ1v) is 5.88. The number of ether oxygens (including phenoxy) is 3. The van der Waals surface area contributed by atoms with Crippen molar-refractivity contribution in [2.75, 3.05) is 19.8 Å². The summed E-state index contributed by atoms with van der Waals surface area (Å²) in [5.41, 5.74) is 0. The minimum Gasteiger partial charge on any atom is -0.462 e. The monoisotopic (exact) mass is 278 g/mol. The molecule has 0 amide bonds. The molecule has 0 unspecified atom stereocenters. The van der Waals surface area contributed by atoms with Crippen molar-refractivity contribution in [3.63, 3.8) is 0 Å². The minimum absolute atomic E-state index is 0.123. The zero-order valence-electron chi connectivity index (χ0n) is 11.8. The molecule has 0 aromatic carbocycles. The number of esters is 3. The van der Waals surface area contributed by atoms with E-state index in [0.29, 0.717) is 6.61 Å². The van der Waals surface area contributed by atoms with Gasteiger partial charge in [-0.3, -0.25) is 14.4 Å². The van der Waals surface area contributed by atoms with Gasteiger partial charge in [0, 0.05) is 27.4 Å². The highest BCUT2D eigenvalue weighted by Crippen LogP contribution is 1.97. The van der Waals surface area contributed by atoms with E-state index in [9.17, 15) is 14.4 Å². The zero-order valence-corrected chi connectivity index (χ0v) is 11.8. The number of carbonyl (C=O) groups is 3. The summed E-state index contributed by atoms with van der Waals surface area (Å²) in [6.07, 6.45) is 0.121. The van der Waals surface area contributed by atoms with E-state index in [1.54, 1.807) is 0 Å². The van der Waals surface area contributed by atoms with E-state index in [1.807, 2.05) is 6.92 Å². The minimum atomic E-state index is -0.754. The van der Waals surface area contributed by atoms with Crippen LogP contribution in [-0.4, -0.2) is 48.9 Å². The molecule has 0 aromatic rings. The maximum Gasteiger partial charge on any atom is 0.303 e. The molecule has 0 fully saturated rings. The lowest BCUT2D eigenvalue weighted by molar-refractivity contribution is -0.163. The Labute approximate surface area is 112 Å². The second-order valence-electron chi connectivity index (χ2n) is 3.56. The Kier molecular flexibility index (Phi) is 13.3. The molecule has 0 aromatic heterocycles. The summed E-state index contributed by atoms with van der Waals surface area (Å²) < 4.78 is 14.0. The van der Waals surface area contributed by atoms with Gasteiger partial charge in [0.05, 0.1) is 0 Å². The van der Waals surface area contributed by atoms with Crippen molar-refractivity contribution < 1.29 is 33.7 Å². The average molecular weight is 278 g/mol. The Morgan fingerprint density at radius 1 is 0.947 bits per heavy atom. The molecule has 0 atom stereocenters. The summed E-state index contributed by atoms with van der Waals surface area (Å²) in [4.78, 5) is 31.6. The number of rotatable bonds is 6. The maximum atomic E-state index is 10.6. The summed E-state index contributed by atoms with van der Waals surface area (Å²) in [5, 5.41) is 7.88. The van der Waals surface area contributed by atoms with E-state index < -0.39 is 24.0 Å². The first-order chi connectivity index (χ1) is 8.83. The van der Waals surface area contributed by atoms with Crippen molar-refractivity contribution >= 4 is 17.9 Å². The van der Waals surface area contributed by atoms with Gasteiger partial charge in [0.2, 0.25) is 0 Å². The number of hydrogen-bond donors (Lipinski definition) is 1. The first kappa shape index (κ1) is 19.7. The van der Waals surface area contributed by atoms with Crippen molar-refractivity contribution in [3.05, 3.63) is 0 Å². The number of aliphatic hydroxyl groups is 1. The van der Waals surface area contributed by atoms with E-state index in [2.05, 4.69) is 9.47 Å². The molecule has 112 valence electrons. The molecular formula is C12H22O7. The molecule has 0 aliphatic carbocycles. The van der Waals surface area contributed by atoms with E-state index in [-0.39, 0.29) is 13.2 Å². The largest absolute Gasteiger partial charge is 0.462 e. The van der Waals surface area contributed by atoms with Gasteiger partial charge in [0.15, 0.2) is 6.10 Å². The third-order valence-electron chi connectivity index (χ3n) is 1.50. The lowest BCUT2D eigenvalue weighted by atomic mass is 10.4. The fraction of sp³-hybridized carbons (Fsp3) is 0.750. The van der Waals surface area contributed by atoms with Crippen LogP contribution in [0.1, 0.15) is 34.1 Å². The molecule has 19 heavy (non-hydrogen) atoms. The SMILES string of the molecule is CC(=O)OCC(COC(C)=O)OC(C)=O.CCCO. The molecule has 7 nitrogen and oxygen atoms in total. The van der Waals surface area contributed by atoms with Crippen LogP contribution < -0.4 is 0 Å². The van der Waals surface area contributed by atoms with E-state index in [1.165, 1.54) is 20.8 Å². The van der Waals surface area contributed by atoms with Crippen LogP contribution in [0.25, 0.3) is 0 Å². The Hall–Kier alpha value is -1.63. The molecule has 0 saturated carbocycles. The molecule has 1 N–H and O–H groups in total. The summed E-state index contributed by atoms with van der Waals surface area (Å²) >= 11 is 0. The van der Waals surface area contributed by atoms with Gasteiger partial charge < -0.3 is 19.3 Å². The van der Waals surface area contributed by atoms with E-state index in [0.717, 1.165) is 6.42 Å². The molecule has 0 bridgehead atoms. The van der Waals surface area contributed by atoms with Crippen LogP contribution in [0.5, 0.6) is 0 Å². The van der Waals surface area contributed by atoms with Gasteiger partial charge in [0.1, 0.15) is 13.2 Å². The second kappa shape index (κ2) is 12.8. The van der Waals surface area contributed by atoms with Gasteiger partial charge in [-0.25, -0.2) is 0 Å². The first-order valence-electron chi connectivity index (χ1n) is 5.88. The van der Waals surface area contributed by atoms with Crippen LogP contribution in [0.4, 0.5) is 0 Å². The molecular weight excluding hydrogens is 256 g/mol. The van der Waals surface area contributed by atoms with Crippen LogP contribution in [-0.2, 0) is 28.6 Å². The number of carbonyl (C=O) groups excluding carboxylic acids is 3. The Morgan fingerprint density at radius 3 is 1.53 bits per heavy atom. The second-order valence-corrected chi connectivity index (χ2v) is 3.56. The van der Waals surface area contributed by atoms with Gasteiger partial charge in [-0.15, -0.1) is 0 Å². The standard InChI is InChI=1S/C9H14O6.C3H8O/c1-6(10)13-4-9(15-8(3)12)5-14-7(2)11;1-2-3-4/h9H,4-5H2,1-3H3;4H,2-3H2,1H3. The van der Waals surface area contributed by atoms with Crippen LogP contribution in [0.2, 0.25) is 0 Å². The average Bonchev–Trinajstić information content (AvgIpc) is 2.32. The molecule has 0 radical (unpaired) electrons. The normalized spacial score (nSPS) is 9.16. The van der Waals surface area contributed by atoms with Gasteiger partial charge in [-0.2, -0.15) is 0 Å². The summed E-state index contributed by atoms with van der Waals surface area (Å²) in [6, 6.07) is 0. The molecule has 0 aliphatic rings. The molecule has 0 spiro atoms. The Morgan fingerprint density at radius 2 is 1.32 bits per heavy atom. The van der Waals surface area contributed by atoms with E-state index >= 15 is 0 Å². The highest BCUT2D eigenvalue weighted by molar-refractivity contribution is 5.67. The summed E-state index contributed by atoms with van der Waals surface area (Å²) in [5.74, 6) is -1.51. The predicted octanol–water partition coefficient (Wildman–Crippen LogP) is 0.433. The highest BCUT2D eigenvalue weighted by atomic mass is 16.6. The van der Waals surface area contributed by atoms with Crippen molar-refractivity contribution in [2.45, 2.75) is 40.2 Å². The predicted molar refractivity (Wildman–Crippen MR) is 66.2 cm³/mol. The zero-order chi connectivity index (χ0) is 15.3. The highest BCUT2D eigenvalue weighted by Gasteiger charge is 2.15. The number of hydrogen-bond acceptors (Lipinski definition) is 7. The quantitative estimate of drug-likeness (QED) is 0.555. The van der Waals surface area contributed by atoms with Gasteiger partial charge in [-0.1, -0.05) is 6.92 Å². The summed E-state index contributed by atoms with van der Waals surface area (Å²) in [7, 11) is 0. The van der Waals surface area contributed by atoms with Crippen molar-refractivity contribution in [1.29, 1.82) is 0 Å². The van der Waals surface area contributed by atoms with Crippen LogP contribution in [0, 0.1) is 0 Å². The Balaban J connectivity index is 0. The fourth-order valence-corrected chi connectivity index (χ4v) is 0.771. The third kappa shape index (κ3) is 18.9. The lowest BCUT2D eigenvalue weighted by Gasteiger charge is -2.15. The topological polar surface area (TPSA) is 99.1 Å².